The third kappa shape index (κ3) is 6.95. The lowest BCUT2D eigenvalue weighted by Gasteiger charge is -2.41. The molecule has 148 valence electrons. The molecule has 0 radical (unpaired) electrons. The fourth-order valence-electron chi connectivity index (χ4n) is 3.26. The Morgan fingerprint density at radius 2 is 1.85 bits per heavy atom. The van der Waals surface area contributed by atoms with E-state index >= 15 is 0 Å². The van der Waals surface area contributed by atoms with Crippen molar-refractivity contribution in [2.24, 2.45) is 4.99 Å². The van der Waals surface area contributed by atoms with E-state index in [1.165, 1.54) is 43.6 Å². The summed E-state index contributed by atoms with van der Waals surface area (Å²) in [6, 6.07) is 8.57. The van der Waals surface area contributed by atoms with Crippen LogP contribution in [0.1, 0.15) is 38.7 Å². The molecule has 26 heavy (non-hydrogen) atoms. The van der Waals surface area contributed by atoms with Crippen LogP contribution in [-0.2, 0) is 6.54 Å². The lowest BCUT2D eigenvalue weighted by atomic mass is 9.98. The number of aliphatic imine (C=N–C) groups is 1. The van der Waals surface area contributed by atoms with E-state index in [2.05, 4.69) is 77.6 Å². The summed E-state index contributed by atoms with van der Waals surface area (Å²) < 4.78 is 0. The fraction of sp³-hybridized carbons (Fsp3) is 0.650. The first-order valence-electron chi connectivity index (χ1n) is 9.38. The van der Waals surface area contributed by atoms with Gasteiger partial charge in [0.25, 0.3) is 0 Å². The minimum Gasteiger partial charge on any atom is -0.378 e. The van der Waals surface area contributed by atoms with Crippen LogP contribution in [-0.4, -0.2) is 57.2 Å². The van der Waals surface area contributed by atoms with Gasteiger partial charge >= 0.3 is 0 Å². The van der Waals surface area contributed by atoms with Crippen molar-refractivity contribution < 1.29 is 0 Å². The van der Waals surface area contributed by atoms with Crippen molar-refractivity contribution in [2.45, 2.75) is 45.2 Å². The van der Waals surface area contributed by atoms with Gasteiger partial charge in [-0.2, -0.15) is 0 Å². The smallest absolute Gasteiger partial charge is 0.191 e. The Labute approximate surface area is 176 Å². The molecule has 1 saturated heterocycles. The molecule has 0 saturated carbocycles. The van der Waals surface area contributed by atoms with Crippen LogP contribution in [0, 0.1) is 0 Å². The number of halogens is 1. The number of piperidine rings is 1. The second kappa shape index (κ2) is 11.0. The number of hydrogen-bond donors (Lipinski definition) is 2. The Balaban J connectivity index is 0.00000338. The molecule has 0 atom stereocenters. The molecule has 1 aliphatic heterocycles. The maximum Gasteiger partial charge on any atom is 0.191 e. The molecule has 0 aromatic heterocycles. The predicted molar refractivity (Wildman–Crippen MR) is 124 cm³/mol. The molecule has 1 fully saturated rings. The lowest BCUT2D eigenvalue weighted by molar-refractivity contribution is 0.0982. The molecule has 2 rings (SSSR count). The first kappa shape index (κ1) is 23.0. The van der Waals surface area contributed by atoms with Crippen LogP contribution in [0.15, 0.2) is 29.3 Å². The molecule has 0 spiro atoms. The van der Waals surface area contributed by atoms with Crippen molar-refractivity contribution in [3.05, 3.63) is 29.8 Å². The average Bonchev–Trinajstić information content (AvgIpc) is 2.63. The van der Waals surface area contributed by atoms with Crippen LogP contribution in [0.25, 0.3) is 0 Å². The fourth-order valence-corrected chi connectivity index (χ4v) is 3.26. The molecule has 0 unspecified atom stereocenters. The molecule has 1 aliphatic rings. The largest absolute Gasteiger partial charge is 0.378 e. The normalized spacial score (nSPS) is 16.0. The number of benzene rings is 1. The highest BCUT2D eigenvalue weighted by Gasteiger charge is 2.27. The summed E-state index contributed by atoms with van der Waals surface area (Å²) >= 11 is 0. The summed E-state index contributed by atoms with van der Waals surface area (Å²) in [5, 5.41) is 6.93. The number of guanidine groups is 1. The standard InChI is InChI=1S/C20H35N5.HI/c1-20(2,25-12-7-6-8-13-25)16-23-19(21-3)22-15-17-10-9-11-18(14-17)24(4)5;/h9-11,14H,6-8,12-13,15-16H2,1-5H3,(H2,21,22,23);1H. The van der Waals surface area contributed by atoms with E-state index in [1.807, 2.05) is 7.05 Å². The average molecular weight is 473 g/mol. The lowest BCUT2D eigenvalue weighted by Crippen LogP contribution is -2.54. The maximum absolute atomic E-state index is 4.37. The van der Waals surface area contributed by atoms with Crippen LogP contribution in [0.2, 0.25) is 0 Å². The Morgan fingerprint density at radius 1 is 1.15 bits per heavy atom. The second-order valence-corrected chi connectivity index (χ2v) is 7.70. The van der Waals surface area contributed by atoms with Crippen LogP contribution in [0.5, 0.6) is 0 Å². The SMILES string of the molecule is CN=C(NCc1cccc(N(C)C)c1)NCC(C)(C)N1CCCCC1.I. The van der Waals surface area contributed by atoms with E-state index < -0.39 is 0 Å². The topological polar surface area (TPSA) is 42.9 Å². The second-order valence-electron chi connectivity index (χ2n) is 7.70. The van der Waals surface area contributed by atoms with E-state index in [1.54, 1.807) is 0 Å². The third-order valence-corrected chi connectivity index (χ3v) is 5.01. The number of nitrogens with zero attached hydrogens (tertiary/aromatic N) is 3. The highest BCUT2D eigenvalue weighted by Crippen LogP contribution is 2.19. The first-order chi connectivity index (χ1) is 11.9. The van der Waals surface area contributed by atoms with E-state index in [-0.39, 0.29) is 29.5 Å². The van der Waals surface area contributed by atoms with Gasteiger partial charge in [0.1, 0.15) is 0 Å². The van der Waals surface area contributed by atoms with Crippen molar-refractivity contribution in [3.8, 4) is 0 Å². The van der Waals surface area contributed by atoms with Gasteiger partial charge in [0, 0.05) is 45.5 Å². The molecular weight excluding hydrogens is 437 g/mol. The van der Waals surface area contributed by atoms with Gasteiger partial charge in [-0.15, -0.1) is 24.0 Å². The van der Waals surface area contributed by atoms with Gasteiger partial charge in [0.05, 0.1) is 0 Å². The Morgan fingerprint density at radius 3 is 2.46 bits per heavy atom. The van der Waals surface area contributed by atoms with Crippen LogP contribution < -0.4 is 15.5 Å². The van der Waals surface area contributed by atoms with Crippen LogP contribution >= 0.6 is 24.0 Å². The predicted octanol–water partition coefficient (Wildman–Crippen LogP) is 3.30. The Bertz CT molecular complexity index is 565. The highest BCUT2D eigenvalue weighted by atomic mass is 127. The minimum absolute atomic E-state index is 0. The van der Waals surface area contributed by atoms with Gasteiger partial charge < -0.3 is 15.5 Å². The molecule has 5 nitrogen and oxygen atoms in total. The monoisotopic (exact) mass is 473 g/mol. The summed E-state index contributed by atoms with van der Waals surface area (Å²) in [6.07, 6.45) is 4.01. The van der Waals surface area contributed by atoms with E-state index in [0.29, 0.717) is 0 Å². The summed E-state index contributed by atoms with van der Waals surface area (Å²) in [5.74, 6) is 0.861. The van der Waals surface area contributed by atoms with Gasteiger partial charge in [-0.25, -0.2) is 0 Å². The van der Waals surface area contributed by atoms with E-state index in [9.17, 15) is 0 Å². The zero-order valence-corrected chi connectivity index (χ0v) is 19.3. The molecule has 1 heterocycles. The van der Waals surface area contributed by atoms with Crippen molar-refractivity contribution >= 4 is 35.6 Å². The van der Waals surface area contributed by atoms with Crippen molar-refractivity contribution in [1.29, 1.82) is 0 Å². The van der Waals surface area contributed by atoms with Gasteiger partial charge in [-0.3, -0.25) is 9.89 Å². The molecule has 1 aromatic rings. The Kier molecular flexibility index (Phi) is 9.71. The maximum atomic E-state index is 4.37. The zero-order valence-electron chi connectivity index (χ0n) is 17.0. The quantitative estimate of drug-likeness (QED) is 0.378. The highest BCUT2D eigenvalue weighted by molar-refractivity contribution is 14.0. The van der Waals surface area contributed by atoms with Crippen molar-refractivity contribution in [1.82, 2.24) is 15.5 Å². The molecule has 1 aromatic carbocycles. The Hall–Kier alpha value is -1.02. The van der Waals surface area contributed by atoms with E-state index in [0.717, 1.165) is 19.0 Å². The molecule has 2 N–H and O–H groups in total. The summed E-state index contributed by atoms with van der Waals surface area (Å²) in [4.78, 5) is 9.09. The van der Waals surface area contributed by atoms with Crippen molar-refractivity contribution in [2.75, 3.05) is 45.7 Å². The van der Waals surface area contributed by atoms with Gasteiger partial charge in [-0.1, -0.05) is 18.6 Å². The molecule has 0 amide bonds. The van der Waals surface area contributed by atoms with Gasteiger partial charge in [0.15, 0.2) is 5.96 Å². The summed E-state index contributed by atoms with van der Waals surface area (Å²) in [7, 11) is 5.96. The number of nitrogens with one attached hydrogen (secondary N) is 2. The van der Waals surface area contributed by atoms with Crippen molar-refractivity contribution in [3.63, 3.8) is 0 Å². The molecule has 0 aliphatic carbocycles. The van der Waals surface area contributed by atoms with Gasteiger partial charge in [-0.05, 0) is 57.5 Å². The third-order valence-electron chi connectivity index (χ3n) is 5.01. The van der Waals surface area contributed by atoms with E-state index in [4.69, 9.17) is 0 Å². The van der Waals surface area contributed by atoms with Crippen LogP contribution in [0.4, 0.5) is 5.69 Å². The number of anilines is 1. The summed E-state index contributed by atoms with van der Waals surface area (Å²) in [5.41, 5.74) is 2.61. The number of rotatable bonds is 6. The van der Waals surface area contributed by atoms with Gasteiger partial charge in [0.2, 0.25) is 0 Å². The summed E-state index contributed by atoms with van der Waals surface area (Å²) in [6.45, 7) is 8.71. The molecular formula is C20H36IN5. The molecule has 6 heteroatoms. The first-order valence-corrected chi connectivity index (χ1v) is 9.38. The van der Waals surface area contributed by atoms with Crippen LogP contribution in [0.3, 0.4) is 0 Å². The minimum atomic E-state index is 0. The molecule has 0 bridgehead atoms. The number of likely N-dealkylation sites (tertiary alicyclic amines) is 1. The number of hydrogen-bond acceptors (Lipinski definition) is 3. The zero-order chi connectivity index (χ0) is 18.3.